The minimum absolute atomic E-state index is 0.107. The Bertz CT molecular complexity index is 1470. The highest BCUT2D eigenvalue weighted by Gasteiger charge is 2.16. The van der Waals surface area contributed by atoms with E-state index in [-0.39, 0.29) is 31.6 Å². The lowest BCUT2D eigenvalue weighted by atomic mass is 10.1. The van der Waals surface area contributed by atoms with Crippen LogP contribution in [0, 0.1) is 5.82 Å². The second kappa shape index (κ2) is 11.5. The van der Waals surface area contributed by atoms with Crippen LogP contribution in [0.2, 0.25) is 0 Å². The number of halogens is 2. The lowest BCUT2D eigenvalue weighted by Crippen LogP contribution is -2.27. The summed E-state index contributed by atoms with van der Waals surface area (Å²) in [5, 5.41) is 4.81. The molecule has 0 radical (unpaired) electrons. The van der Waals surface area contributed by atoms with Gasteiger partial charge in [0.2, 0.25) is 5.82 Å². The van der Waals surface area contributed by atoms with Gasteiger partial charge >= 0.3 is 5.97 Å². The summed E-state index contributed by atoms with van der Waals surface area (Å²) < 4.78 is 24.4. The fraction of sp³-hybridized carbons (Fsp3) is 0.200. The molecule has 0 saturated heterocycles. The van der Waals surface area contributed by atoms with Gasteiger partial charge in [0.15, 0.2) is 0 Å². The van der Waals surface area contributed by atoms with Gasteiger partial charge in [-0.25, -0.2) is 14.2 Å². The molecule has 0 saturated carbocycles. The third kappa shape index (κ3) is 6.04. The monoisotopic (exact) mass is 573 g/mol. The van der Waals surface area contributed by atoms with Crippen LogP contribution >= 0.6 is 27.3 Å². The minimum Gasteiger partial charge on any atom is -0.462 e. The first kappa shape index (κ1) is 25.7. The first-order valence-electron chi connectivity index (χ1n) is 10.9. The number of thiophene rings is 1. The van der Waals surface area contributed by atoms with Gasteiger partial charge in [-0.05, 0) is 63.6 Å². The van der Waals surface area contributed by atoms with Gasteiger partial charge < -0.3 is 19.8 Å². The van der Waals surface area contributed by atoms with Crippen LogP contribution in [-0.4, -0.2) is 28.5 Å². The Morgan fingerprint density at radius 1 is 1.14 bits per heavy atom. The number of aromatic nitrogens is 2. The van der Waals surface area contributed by atoms with E-state index in [1.807, 2.05) is 0 Å². The van der Waals surface area contributed by atoms with Crippen LogP contribution in [0.1, 0.15) is 44.6 Å². The maximum absolute atomic E-state index is 13.4. The molecule has 0 aliphatic heterocycles. The summed E-state index contributed by atoms with van der Waals surface area (Å²) >= 11 is 4.35. The van der Waals surface area contributed by atoms with Crippen LogP contribution in [-0.2, 0) is 29.2 Å². The van der Waals surface area contributed by atoms with Crippen LogP contribution in [0.5, 0.6) is 0 Å². The Hall–Kier alpha value is -3.41. The predicted molar refractivity (Wildman–Crippen MR) is 136 cm³/mol. The highest BCUT2D eigenvalue weighted by molar-refractivity contribution is 9.10. The van der Waals surface area contributed by atoms with Crippen molar-refractivity contribution in [3.8, 4) is 0 Å². The van der Waals surface area contributed by atoms with Gasteiger partial charge in [0, 0.05) is 12.1 Å². The number of aromatic amines is 1. The summed E-state index contributed by atoms with van der Waals surface area (Å²) in [5.74, 6) is -1.43. The number of benzene rings is 2. The number of hydrogen-bond donors (Lipinski definition) is 2. The number of esters is 1. The SMILES string of the molecule is CCOC(=O)c1ccc(COCc2csc3nc(C(=O)NCc4ccc(F)c(Br)c4)[nH]c(=O)c23)cc1. The van der Waals surface area contributed by atoms with E-state index in [9.17, 15) is 18.8 Å². The molecule has 2 heterocycles. The Labute approximate surface area is 217 Å². The fourth-order valence-electron chi connectivity index (χ4n) is 3.37. The molecular formula is C25H21BrFN3O5S. The van der Waals surface area contributed by atoms with Crippen molar-refractivity contribution >= 4 is 49.4 Å². The Morgan fingerprint density at radius 2 is 1.89 bits per heavy atom. The lowest BCUT2D eigenvalue weighted by molar-refractivity contribution is 0.0526. The molecule has 2 aromatic heterocycles. The smallest absolute Gasteiger partial charge is 0.338 e. The zero-order chi connectivity index (χ0) is 25.7. The lowest BCUT2D eigenvalue weighted by Gasteiger charge is -2.07. The van der Waals surface area contributed by atoms with E-state index in [0.29, 0.717) is 38.0 Å². The summed E-state index contributed by atoms with van der Waals surface area (Å²) in [5.41, 5.74) is 2.24. The number of hydrogen-bond acceptors (Lipinski definition) is 7. The predicted octanol–water partition coefficient (Wildman–Crippen LogP) is 4.71. The van der Waals surface area contributed by atoms with Gasteiger partial charge in [0.1, 0.15) is 10.6 Å². The quantitative estimate of drug-likeness (QED) is 0.280. The van der Waals surface area contributed by atoms with Crippen LogP contribution in [0.4, 0.5) is 4.39 Å². The van der Waals surface area contributed by atoms with Crippen molar-refractivity contribution in [2.45, 2.75) is 26.7 Å². The fourth-order valence-corrected chi connectivity index (χ4v) is 4.72. The molecule has 0 spiro atoms. The number of amides is 1. The van der Waals surface area contributed by atoms with Crippen molar-refractivity contribution in [3.05, 3.63) is 96.6 Å². The molecule has 0 fully saturated rings. The van der Waals surface area contributed by atoms with Crippen molar-refractivity contribution in [1.29, 1.82) is 0 Å². The van der Waals surface area contributed by atoms with Crippen LogP contribution in [0.15, 0.2) is 57.1 Å². The number of carbonyl (C=O) groups is 2. The molecule has 4 rings (SSSR count). The molecular weight excluding hydrogens is 553 g/mol. The normalized spacial score (nSPS) is 11.0. The second-order valence-electron chi connectivity index (χ2n) is 7.70. The molecule has 0 bridgehead atoms. The number of carbonyl (C=O) groups excluding carboxylic acids is 2. The van der Waals surface area contributed by atoms with Crippen molar-refractivity contribution < 1.29 is 23.5 Å². The molecule has 0 unspecified atom stereocenters. The number of fused-ring (bicyclic) bond motifs is 1. The van der Waals surface area contributed by atoms with Crippen molar-refractivity contribution in [3.63, 3.8) is 0 Å². The molecule has 4 aromatic rings. The summed E-state index contributed by atoms with van der Waals surface area (Å²) in [4.78, 5) is 44.2. The molecule has 186 valence electrons. The Balaban J connectivity index is 1.38. The number of nitrogens with zero attached hydrogens (tertiary/aromatic N) is 1. The van der Waals surface area contributed by atoms with E-state index in [1.165, 1.54) is 17.4 Å². The second-order valence-corrected chi connectivity index (χ2v) is 9.41. The first-order valence-corrected chi connectivity index (χ1v) is 12.6. The molecule has 0 atom stereocenters. The summed E-state index contributed by atoms with van der Waals surface area (Å²) in [7, 11) is 0. The molecule has 11 heteroatoms. The van der Waals surface area contributed by atoms with Crippen LogP contribution < -0.4 is 10.9 Å². The van der Waals surface area contributed by atoms with Crippen molar-refractivity contribution in [2.75, 3.05) is 6.61 Å². The van der Waals surface area contributed by atoms with Gasteiger partial charge in [0.25, 0.3) is 11.5 Å². The van der Waals surface area contributed by atoms with E-state index >= 15 is 0 Å². The molecule has 2 aromatic carbocycles. The number of H-pyrrole nitrogens is 1. The molecule has 8 nitrogen and oxygen atoms in total. The Kier molecular flexibility index (Phi) is 8.24. The van der Waals surface area contributed by atoms with Gasteiger partial charge in [-0.2, -0.15) is 0 Å². The van der Waals surface area contributed by atoms with Crippen molar-refractivity contribution in [1.82, 2.24) is 15.3 Å². The summed E-state index contributed by atoms with van der Waals surface area (Å²) in [6.07, 6.45) is 0. The van der Waals surface area contributed by atoms with Gasteiger partial charge in [-0.1, -0.05) is 18.2 Å². The first-order chi connectivity index (χ1) is 17.4. The summed E-state index contributed by atoms with van der Waals surface area (Å²) in [6.45, 7) is 2.66. The minimum atomic E-state index is -0.549. The number of nitrogens with one attached hydrogen (secondary N) is 2. The van der Waals surface area contributed by atoms with E-state index in [1.54, 1.807) is 48.7 Å². The molecule has 36 heavy (non-hydrogen) atoms. The summed E-state index contributed by atoms with van der Waals surface area (Å²) in [6, 6.07) is 11.3. The van der Waals surface area contributed by atoms with E-state index in [2.05, 4.69) is 31.2 Å². The average Bonchev–Trinajstić information content (AvgIpc) is 3.28. The highest BCUT2D eigenvalue weighted by Crippen LogP contribution is 2.22. The standard InChI is InChI=1S/C25H21BrFN3O5S/c1-2-35-25(33)16-6-3-14(4-7-16)11-34-12-17-13-36-24-20(17)22(31)29-21(30-24)23(32)28-10-15-5-8-19(27)18(26)9-15/h3-9,13H,2,10-12H2,1H3,(H,28,32)(H,29,30,31). The number of rotatable bonds is 9. The third-order valence-electron chi connectivity index (χ3n) is 5.16. The average molecular weight is 574 g/mol. The van der Waals surface area contributed by atoms with Crippen molar-refractivity contribution in [2.24, 2.45) is 0 Å². The van der Waals surface area contributed by atoms with E-state index in [0.717, 1.165) is 5.56 Å². The maximum Gasteiger partial charge on any atom is 0.338 e. The maximum atomic E-state index is 13.4. The molecule has 0 aliphatic carbocycles. The number of ether oxygens (including phenoxy) is 2. The van der Waals surface area contributed by atoms with Gasteiger partial charge in [0.05, 0.1) is 35.2 Å². The zero-order valence-corrected chi connectivity index (χ0v) is 21.5. The highest BCUT2D eigenvalue weighted by atomic mass is 79.9. The largest absolute Gasteiger partial charge is 0.462 e. The zero-order valence-electron chi connectivity index (χ0n) is 19.1. The van der Waals surface area contributed by atoms with E-state index in [4.69, 9.17) is 9.47 Å². The topological polar surface area (TPSA) is 110 Å². The van der Waals surface area contributed by atoms with E-state index < -0.39 is 17.3 Å². The molecule has 2 N–H and O–H groups in total. The Morgan fingerprint density at radius 3 is 2.61 bits per heavy atom. The van der Waals surface area contributed by atoms with Gasteiger partial charge in [-0.15, -0.1) is 11.3 Å². The third-order valence-corrected chi connectivity index (χ3v) is 6.69. The molecule has 0 aliphatic rings. The van der Waals surface area contributed by atoms with Crippen LogP contribution in [0.25, 0.3) is 10.2 Å². The van der Waals surface area contributed by atoms with Gasteiger partial charge in [-0.3, -0.25) is 9.59 Å². The molecule has 1 amide bonds. The van der Waals surface area contributed by atoms with Crippen LogP contribution in [0.3, 0.4) is 0 Å².